The lowest BCUT2D eigenvalue weighted by Gasteiger charge is -2.29. The van der Waals surface area contributed by atoms with Crippen molar-refractivity contribution in [3.8, 4) is 0 Å². The van der Waals surface area contributed by atoms with E-state index in [4.69, 9.17) is 9.47 Å². The molecule has 0 spiro atoms. The van der Waals surface area contributed by atoms with Crippen molar-refractivity contribution in [2.75, 3.05) is 26.9 Å². The molecule has 0 radical (unpaired) electrons. The summed E-state index contributed by atoms with van der Waals surface area (Å²) in [7, 11) is 1.66. The van der Waals surface area contributed by atoms with E-state index in [1.54, 1.807) is 7.11 Å². The maximum atomic E-state index is 11.4. The summed E-state index contributed by atoms with van der Waals surface area (Å²) in [6, 6.07) is 0. The number of esters is 1. The first kappa shape index (κ1) is 14.4. The molecule has 0 aromatic heterocycles. The second kappa shape index (κ2) is 7.65. The first-order valence-corrected chi connectivity index (χ1v) is 5.47. The van der Waals surface area contributed by atoms with Gasteiger partial charge >= 0.3 is 5.97 Å². The number of methoxy groups -OCH3 is 1. The molecular weight excluding hydrogens is 194 g/mol. The van der Waals surface area contributed by atoms with Crippen LogP contribution < -0.4 is 5.32 Å². The molecule has 1 unspecified atom stereocenters. The first-order valence-electron chi connectivity index (χ1n) is 5.47. The molecule has 0 aliphatic rings. The van der Waals surface area contributed by atoms with Crippen molar-refractivity contribution in [3.63, 3.8) is 0 Å². The standard InChI is InChI=1S/C11H23NO3/c1-5-12-11(3,7-8-14-4)9-10(13)15-6-2/h12H,5-9H2,1-4H3. The van der Waals surface area contributed by atoms with Crippen molar-refractivity contribution >= 4 is 5.97 Å². The van der Waals surface area contributed by atoms with Crippen LogP contribution in [0.3, 0.4) is 0 Å². The van der Waals surface area contributed by atoms with Crippen LogP contribution in [0.5, 0.6) is 0 Å². The van der Waals surface area contributed by atoms with Crippen molar-refractivity contribution in [1.82, 2.24) is 5.32 Å². The van der Waals surface area contributed by atoms with Crippen LogP contribution in [-0.2, 0) is 14.3 Å². The summed E-state index contributed by atoms with van der Waals surface area (Å²) in [5.41, 5.74) is -0.225. The Kier molecular flexibility index (Phi) is 7.34. The molecule has 0 amide bonds. The number of nitrogens with one attached hydrogen (secondary N) is 1. The smallest absolute Gasteiger partial charge is 0.307 e. The van der Waals surface area contributed by atoms with Crippen molar-refractivity contribution in [3.05, 3.63) is 0 Å². The minimum atomic E-state index is -0.225. The van der Waals surface area contributed by atoms with E-state index < -0.39 is 0 Å². The number of rotatable bonds is 8. The minimum Gasteiger partial charge on any atom is -0.466 e. The average Bonchev–Trinajstić information content (AvgIpc) is 2.15. The molecule has 0 heterocycles. The Bertz CT molecular complexity index is 185. The molecule has 0 aliphatic carbocycles. The summed E-state index contributed by atoms with van der Waals surface area (Å²) in [6.45, 7) is 7.77. The van der Waals surface area contributed by atoms with Gasteiger partial charge in [0.1, 0.15) is 0 Å². The molecule has 1 atom stereocenters. The SMILES string of the molecule is CCNC(C)(CCOC)CC(=O)OCC. The molecule has 0 saturated heterocycles. The number of hydrogen-bond donors (Lipinski definition) is 1. The lowest BCUT2D eigenvalue weighted by molar-refractivity contribution is -0.144. The van der Waals surface area contributed by atoms with Crippen LogP contribution in [0.1, 0.15) is 33.6 Å². The topological polar surface area (TPSA) is 47.6 Å². The van der Waals surface area contributed by atoms with E-state index in [1.165, 1.54) is 0 Å². The summed E-state index contributed by atoms with van der Waals surface area (Å²) < 4.78 is 9.98. The Balaban J connectivity index is 4.16. The molecule has 0 bridgehead atoms. The third-order valence-electron chi connectivity index (χ3n) is 2.30. The zero-order valence-corrected chi connectivity index (χ0v) is 10.3. The fourth-order valence-corrected chi connectivity index (χ4v) is 1.52. The molecule has 0 aromatic rings. The number of hydrogen-bond acceptors (Lipinski definition) is 4. The van der Waals surface area contributed by atoms with Gasteiger partial charge in [-0.25, -0.2) is 0 Å². The van der Waals surface area contributed by atoms with Crippen molar-refractivity contribution in [2.45, 2.75) is 39.2 Å². The first-order chi connectivity index (χ1) is 7.08. The van der Waals surface area contributed by atoms with E-state index in [0.717, 1.165) is 13.0 Å². The highest BCUT2D eigenvalue weighted by Crippen LogP contribution is 2.15. The van der Waals surface area contributed by atoms with Crippen molar-refractivity contribution in [1.29, 1.82) is 0 Å². The third-order valence-corrected chi connectivity index (χ3v) is 2.30. The fourth-order valence-electron chi connectivity index (χ4n) is 1.52. The molecule has 15 heavy (non-hydrogen) atoms. The van der Waals surface area contributed by atoms with Gasteiger partial charge in [0.15, 0.2) is 0 Å². The van der Waals surface area contributed by atoms with Gasteiger partial charge in [-0.05, 0) is 26.8 Å². The summed E-state index contributed by atoms with van der Waals surface area (Å²) in [5.74, 6) is -0.156. The molecule has 0 fully saturated rings. The predicted octanol–water partition coefficient (Wildman–Crippen LogP) is 1.34. The van der Waals surface area contributed by atoms with Gasteiger partial charge in [-0.3, -0.25) is 4.79 Å². The lowest BCUT2D eigenvalue weighted by atomic mass is 9.94. The average molecular weight is 217 g/mol. The van der Waals surface area contributed by atoms with Gasteiger partial charge in [0.05, 0.1) is 13.0 Å². The van der Waals surface area contributed by atoms with Gasteiger partial charge in [-0.15, -0.1) is 0 Å². The summed E-state index contributed by atoms with van der Waals surface area (Å²) >= 11 is 0. The number of carbonyl (C=O) groups is 1. The molecule has 0 aromatic carbocycles. The highest BCUT2D eigenvalue weighted by molar-refractivity contribution is 5.70. The monoisotopic (exact) mass is 217 g/mol. The van der Waals surface area contributed by atoms with Gasteiger partial charge in [-0.2, -0.15) is 0 Å². The molecule has 0 saturated carbocycles. The van der Waals surface area contributed by atoms with E-state index in [2.05, 4.69) is 5.32 Å². The predicted molar refractivity (Wildman–Crippen MR) is 59.8 cm³/mol. The molecular formula is C11H23NO3. The van der Waals surface area contributed by atoms with E-state index in [9.17, 15) is 4.79 Å². The molecule has 0 aliphatic heterocycles. The summed E-state index contributed by atoms with van der Waals surface area (Å²) in [5, 5.41) is 3.30. The van der Waals surface area contributed by atoms with Gasteiger partial charge in [-0.1, -0.05) is 6.92 Å². The van der Waals surface area contributed by atoms with Crippen LogP contribution >= 0.6 is 0 Å². The van der Waals surface area contributed by atoms with E-state index in [0.29, 0.717) is 19.6 Å². The minimum absolute atomic E-state index is 0.156. The maximum absolute atomic E-state index is 11.4. The second-order valence-electron chi connectivity index (χ2n) is 3.82. The van der Waals surface area contributed by atoms with Crippen LogP contribution in [0.25, 0.3) is 0 Å². The maximum Gasteiger partial charge on any atom is 0.307 e. The zero-order valence-electron chi connectivity index (χ0n) is 10.3. The Morgan fingerprint density at radius 3 is 2.53 bits per heavy atom. The third kappa shape index (κ3) is 6.47. The highest BCUT2D eigenvalue weighted by atomic mass is 16.5. The van der Waals surface area contributed by atoms with E-state index >= 15 is 0 Å². The Morgan fingerprint density at radius 2 is 2.07 bits per heavy atom. The second-order valence-corrected chi connectivity index (χ2v) is 3.82. The molecule has 90 valence electrons. The van der Waals surface area contributed by atoms with Crippen molar-refractivity contribution < 1.29 is 14.3 Å². The summed E-state index contributed by atoms with van der Waals surface area (Å²) in [4.78, 5) is 11.4. The molecule has 4 nitrogen and oxygen atoms in total. The van der Waals surface area contributed by atoms with Crippen LogP contribution in [0.2, 0.25) is 0 Å². The Morgan fingerprint density at radius 1 is 1.40 bits per heavy atom. The van der Waals surface area contributed by atoms with E-state index in [-0.39, 0.29) is 11.5 Å². The van der Waals surface area contributed by atoms with Gasteiger partial charge in [0.25, 0.3) is 0 Å². The lowest BCUT2D eigenvalue weighted by Crippen LogP contribution is -2.45. The number of carbonyl (C=O) groups excluding carboxylic acids is 1. The normalized spacial score (nSPS) is 14.7. The van der Waals surface area contributed by atoms with Gasteiger partial charge in [0.2, 0.25) is 0 Å². The zero-order chi connectivity index (χ0) is 11.7. The van der Waals surface area contributed by atoms with Crippen LogP contribution in [0, 0.1) is 0 Å². The highest BCUT2D eigenvalue weighted by Gasteiger charge is 2.26. The number of ether oxygens (including phenoxy) is 2. The van der Waals surface area contributed by atoms with Crippen LogP contribution in [0.4, 0.5) is 0 Å². The van der Waals surface area contributed by atoms with Crippen LogP contribution in [-0.4, -0.2) is 38.4 Å². The fraction of sp³-hybridized carbons (Fsp3) is 0.909. The molecule has 1 N–H and O–H groups in total. The Hall–Kier alpha value is -0.610. The Labute approximate surface area is 92.3 Å². The molecule has 4 heteroatoms. The van der Waals surface area contributed by atoms with E-state index in [1.807, 2.05) is 20.8 Å². The molecule has 0 rings (SSSR count). The largest absolute Gasteiger partial charge is 0.466 e. The quantitative estimate of drug-likeness (QED) is 0.623. The van der Waals surface area contributed by atoms with Crippen LogP contribution in [0.15, 0.2) is 0 Å². The van der Waals surface area contributed by atoms with Gasteiger partial charge in [0, 0.05) is 19.3 Å². The van der Waals surface area contributed by atoms with Gasteiger partial charge < -0.3 is 14.8 Å². The van der Waals surface area contributed by atoms with Crippen molar-refractivity contribution in [2.24, 2.45) is 0 Å². The summed E-state index contributed by atoms with van der Waals surface area (Å²) in [6.07, 6.45) is 1.19.